The average Bonchev–Trinajstić information content (AvgIpc) is 2.58. The van der Waals surface area contributed by atoms with Gasteiger partial charge in [-0.1, -0.05) is 38.5 Å². The Balaban J connectivity index is 3.22. The third kappa shape index (κ3) is 5.13. The molecule has 0 amide bonds. The van der Waals surface area contributed by atoms with Gasteiger partial charge in [0.2, 0.25) is 0 Å². The van der Waals surface area contributed by atoms with Gasteiger partial charge in [-0.25, -0.2) is 0 Å². The molecule has 0 radical (unpaired) electrons. The molecule has 1 aromatic carbocycles. The van der Waals surface area contributed by atoms with Crippen molar-refractivity contribution in [2.45, 2.75) is 58.2 Å². The van der Waals surface area contributed by atoms with Crippen LogP contribution in [0.3, 0.4) is 0 Å². The van der Waals surface area contributed by atoms with Gasteiger partial charge in [0.1, 0.15) is 5.75 Å². The van der Waals surface area contributed by atoms with Crippen LogP contribution in [0.2, 0.25) is 0 Å². The highest BCUT2D eigenvalue weighted by Crippen LogP contribution is 2.46. The van der Waals surface area contributed by atoms with Crippen molar-refractivity contribution in [2.24, 2.45) is 5.92 Å². The van der Waals surface area contributed by atoms with Crippen molar-refractivity contribution in [1.29, 1.82) is 0 Å². The quantitative estimate of drug-likeness (QED) is 0.551. The number of benzene rings is 1. The molecule has 0 aromatic heterocycles. The zero-order valence-corrected chi connectivity index (χ0v) is 16.0. The summed E-state index contributed by atoms with van der Waals surface area (Å²) in [5.41, 5.74) is -1.75. The summed E-state index contributed by atoms with van der Waals surface area (Å²) in [7, 11) is 1.31. The Bertz CT molecular complexity index is 635. The number of allylic oxidation sites excluding steroid dienone is 2. The molecule has 0 spiro atoms. The zero-order valence-electron chi connectivity index (χ0n) is 16.0. The van der Waals surface area contributed by atoms with Crippen molar-refractivity contribution in [3.05, 3.63) is 53.6 Å². The number of aliphatic hydroxyl groups is 1. The van der Waals surface area contributed by atoms with Crippen molar-refractivity contribution in [1.82, 2.24) is 0 Å². The van der Waals surface area contributed by atoms with Gasteiger partial charge >= 0.3 is 6.18 Å². The molecule has 0 aliphatic rings. The summed E-state index contributed by atoms with van der Waals surface area (Å²) in [5.74, 6) is 0.632. The SMILES string of the molecule is C=CCC(O)(c1cc(C)c(C/C=C/CC(C)CC)cc1OC)C(F)(F)F. The average molecular weight is 370 g/mol. The van der Waals surface area contributed by atoms with Crippen LogP contribution < -0.4 is 4.74 Å². The summed E-state index contributed by atoms with van der Waals surface area (Å²) in [6.45, 7) is 9.39. The van der Waals surface area contributed by atoms with Crippen molar-refractivity contribution in [2.75, 3.05) is 7.11 Å². The number of hydrogen-bond acceptors (Lipinski definition) is 2. The fraction of sp³-hybridized carbons (Fsp3) is 0.524. The molecule has 0 saturated carbocycles. The Hall–Kier alpha value is -1.75. The summed E-state index contributed by atoms with van der Waals surface area (Å²) >= 11 is 0. The van der Waals surface area contributed by atoms with Crippen LogP contribution in [0.1, 0.15) is 49.8 Å². The first-order valence-electron chi connectivity index (χ1n) is 8.83. The number of alkyl halides is 3. The van der Waals surface area contributed by atoms with E-state index in [-0.39, 0.29) is 11.3 Å². The van der Waals surface area contributed by atoms with Crippen molar-refractivity contribution < 1.29 is 23.0 Å². The number of aryl methyl sites for hydroxylation is 1. The first-order chi connectivity index (χ1) is 12.1. The topological polar surface area (TPSA) is 29.5 Å². The van der Waals surface area contributed by atoms with Crippen LogP contribution in [0.25, 0.3) is 0 Å². The highest BCUT2D eigenvalue weighted by molar-refractivity contribution is 5.47. The molecule has 0 heterocycles. The van der Waals surface area contributed by atoms with E-state index in [1.807, 2.05) is 6.08 Å². The Morgan fingerprint density at radius 1 is 1.27 bits per heavy atom. The molecule has 1 aromatic rings. The van der Waals surface area contributed by atoms with Crippen molar-refractivity contribution >= 4 is 0 Å². The van der Waals surface area contributed by atoms with Crippen molar-refractivity contribution in [3.8, 4) is 5.75 Å². The monoisotopic (exact) mass is 370 g/mol. The standard InChI is InChI=1S/C21H29F3O2/c1-6-12-20(25,21(22,23)24)18-13-16(4)17(14-19(18)26-5)11-9-8-10-15(3)7-2/h6,8-9,13-15,25H,1,7,10-12H2,2-5H3/b9-8+. The van der Waals surface area contributed by atoms with E-state index in [0.717, 1.165) is 24.5 Å². The van der Waals surface area contributed by atoms with Gasteiger partial charge in [0.15, 0.2) is 5.60 Å². The zero-order chi connectivity index (χ0) is 20.0. The number of rotatable bonds is 9. The summed E-state index contributed by atoms with van der Waals surface area (Å²) in [6.07, 6.45) is 2.38. The van der Waals surface area contributed by atoms with Crippen molar-refractivity contribution in [3.63, 3.8) is 0 Å². The number of halogens is 3. The van der Waals surface area contributed by atoms with Crippen LogP contribution in [0, 0.1) is 12.8 Å². The molecule has 2 nitrogen and oxygen atoms in total. The van der Waals surface area contributed by atoms with E-state index >= 15 is 0 Å². The van der Waals surface area contributed by atoms with Crippen LogP contribution in [-0.2, 0) is 12.0 Å². The van der Waals surface area contributed by atoms with Gasteiger partial charge in [-0.05, 0) is 48.9 Å². The predicted octanol–water partition coefficient (Wildman–Crippen LogP) is 5.86. The lowest BCUT2D eigenvalue weighted by molar-refractivity contribution is -0.265. The second-order valence-corrected chi connectivity index (χ2v) is 6.75. The molecule has 0 bridgehead atoms. The van der Waals surface area contributed by atoms with E-state index in [0.29, 0.717) is 17.9 Å². The minimum absolute atomic E-state index is 0.0302. The fourth-order valence-corrected chi connectivity index (χ4v) is 2.73. The Labute approximate surface area is 154 Å². The second-order valence-electron chi connectivity index (χ2n) is 6.75. The lowest BCUT2D eigenvalue weighted by Gasteiger charge is -2.32. The molecular formula is C21H29F3O2. The van der Waals surface area contributed by atoms with E-state index in [4.69, 9.17) is 4.74 Å². The minimum Gasteiger partial charge on any atom is -0.496 e. The Kier molecular flexibility index (Phi) is 7.94. The molecule has 0 saturated heterocycles. The van der Waals surface area contributed by atoms with E-state index in [2.05, 4.69) is 26.5 Å². The molecule has 0 aliphatic carbocycles. The van der Waals surface area contributed by atoms with Gasteiger partial charge in [-0.2, -0.15) is 13.2 Å². The van der Waals surface area contributed by atoms with Crippen LogP contribution in [0.15, 0.2) is 36.9 Å². The number of methoxy groups -OCH3 is 1. The van der Waals surface area contributed by atoms with Gasteiger partial charge in [0.05, 0.1) is 7.11 Å². The van der Waals surface area contributed by atoms with Crippen LogP contribution >= 0.6 is 0 Å². The molecule has 0 aliphatic heterocycles. The molecule has 2 unspecified atom stereocenters. The summed E-state index contributed by atoms with van der Waals surface area (Å²) in [6, 6.07) is 2.95. The molecule has 1 N–H and O–H groups in total. The summed E-state index contributed by atoms with van der Waals surface area (Å²) < 4.78 is 45.7. The van der Waals surface area contributed by atoms with E-state index < -0.39 is 18.2 Å². The third-order valence-electron chi connectivity index (χ3n) is 4.75. The smallest absolute Gasteiger partial charge is 0.421 e. The third-order valence-corrected chi connectivity index (χ3v) is 4.75. The van der Waals surface area contributed by atoms with Gasteiger partial charge < -0.3 is 9.84 Å². The molecule has 146 valence electrons. The largest absolute Gasteiger partial charge is 0.496 e. The molecule has 1 rings (SSSR count). The maximum absolute atomic E-state index is 13.5. The molecule has 5 heteroatoms. The maximum Gasteiger partial charge on any atom is 0.421 e. The fourth-order valence-electron chi connectivity index (χ4n) is 2.73. The summed E-state index contributed by atoms with van der Waals surface area (Å²) in [4.78, 5) is 0. The minimum atomic E-state index is -4.83. The Morgan fingerprint density at radius 3 is 2.42 bits per heavy atom. The Morgan fingerprint density at radius 2 is 1.92 bits per heavy atom. The predicted molar refractivity (Wildman–Crippen MR) is 99.4 cm³/mol. The van der Waals surface area contributed by atoms with Gasteiger partial charge in [0.25, 0.3) is 0 Å². The molecule has 26 heavy (non-hydrogen) atoms. The molecule has 2 atom stereocenters. The van der Waals surface area contributed by atoms with Crippen LogP contribution in [-0.4, -0.2) is 18.4 Å². The van der Waals surface area contributed by atoms with E-state index in [1.54, 1.807) is 13.0 Å². The lowest BCUT2D eigenvalue weighted by Crippen LogP contribution is -2.42. The molecule has 0 fully saturated rings. The van der Waals surface area contributed by atoms with Crippen LogP contribution in [0.5, 0.6) is 5.75 Å². The second kappa shape index (κ2) is 9.26. The van der Waals surface area contributed by atoms with E-state index in [9.17, 15) is 18.3 Å². The first kappa shape index (κ1) is 22.3. The first-order valence-corrected chi connectivity index (χ1v) is 8.83. The normalized spacial score (nSPS) is 15.7. The number of hydrogen-bond donors (Lipinski definition) is 1. The molecular weight excluding hydrogens is 341 g/mol. The van der Waals surface area contributed by atoms with Gasteiger partial charge in [0, 0.05) is 12.0 Å². The maximum atomic E-state index is 13.5. The van der Waals surface area contributed by atoms with E-state index in [1.165, 1.54) is 13.2 Å². The summed E-state index contributed by atoms with van der Waals surface area (Å²) in [5, 5.41) is 10.4. The highest BCUT2D eigenvalue weighted by atomic mass is 19.4. The van der Waals surface area contributed by atoms with Gasteiger partial charge in [-0.3, -0.25) is 0 Å². The lowest BCUT2D eigenvalue weighted by atomic mass is 9.86. The number of ether oxygens (including phenoxy) is 1. The van der Waals surface area contributed by atoms with Crippen LogP contribution in [0.4, 0.5) is 13.2 Å². The van der Waals surface area contributed by atoms with Gasteiger partial charge in [-0.15, -0.1) is 6.58 Å². The highest BCUT2D eigenvalue weighted by Gasteiger charge is 2.55.